The van der Waals surface area contributed by atoms with E-state index in [2.05, 4.69) is 0 Å². The molecule has 1 saturated carbocycles. The molecular weight excluding hydrogens is 520 g/mol. The third kappa shape index (κ3) is 9.52. The van der Waals surface area contributed by atoms with Crippen molar-refractivity contribution in [1.82, 2.24) is 0 Å². The van der Waals surface area contributed by atoms with Gasteiger partial charge in [0.15, 0.2) is 18.3 Å². The summed E-state index contributed by atoms with van der Waals surface area (Å²) in [5, 5.41) is 0. The van der Waals surface area contributed by atoms with Crippen molar-refractivity contribution in [3.8, 4) is 0 Å². The lowest BCUT2D eigenvalue weighted by atomic mass is 9.89. The number of carbonyl (C=O) groups is 5. The van der Waals surface area contributed by atoms with E-state index in [0.29, 0.717) is 12.8 Å². The molecule has 2 aromatic rings. The van der Waals surface area contributed by atoms with Crippen LogP contribution in [-0.2, 0) is 38.1 Å². The van der Waals surface area contributed by atoms with Gasteiger partial charge in [-0.15, -0.1) is 0 Å². The molecule has 0 aromatic heterocycles. The molecule has 3 atom stereocenters. The molecule has 10 heteroatoms. The number of rotatable bonds is 12. The quantitative estimate of drug-likeness (QED) is 0.280. The van der Waals surface area contributed by atoms with Crippen LogP contribution in [0.1, 0.15) is 66.7 Å². The van der Waals surface area contributed by atoms with Crippen LogP contribution in [-0.4, -0.2) is 61.4 Å². The molecule has 1 aliphatic carbocycles. The molecule has 3 unspecified atom stereocenters. The van der Waals surface area contributed by atoms with Gasteiger partial charge in [-0.05, 0) is 37.1 Å². The molecule has 0 heterocycles. The van der Waals surface area contributed by atoms with Gasteiger partial charge in [0.1, 0.15) is 13.2 Å². The predicted octanol–water partition coefficient (Wildman–Crippen LogP) is 4.06. The number of hydrogen-bond acceptors (Lipinski definition) is 10. The second-order valence-corrected chi connectivity index (χ2v) is 9.46. The Labute approximate surface area is 232 Å². The Morgan fingerprint density at radius 1 is 0.650 bits per heavy atom. The summed E-state index contributed by atoms with van der Waals surface area (Å²) in [5.74, 6) is -3.77. The highest BCUT2D eigenvalue weighted by Gasteiger charge is 2.40. The van der Waals surface area contributed by atoms with E-state index in [1.165, 1.54) is 12.1 Å². The molecular formula is C30H34O10. The molecule has 0 bridgehead atoms. The summed E-state index contributed by atoms with van der Waals surface area (Å²) in [5.41, 5.74) is 0.427. The second kappa shape index (κ2) is 15.4. The van der Waals surface area contributed by atoms with Gasteiger partial charge in [-0.3, -0.25) is 14.4 Å². The minimum atomic E-state index is -1.48. The van der Waals surface area contributed by atoms with Crippen molar-refractivity contribution in [2.24, 2.45) is 5.92 Å². The highest BCUT2D eigenvalue weighted by molar-refractivity contribution is 5.90. The Morgan fingerprint density at radius 3 is 1.62 bits per heavy atom. The van der Waals surface area contributed by atoms with Crippen LogP contribution in [0.2, 0.25) is 0 Å². The first-order valence-electron chi connectivity index (χ1n) is 13.2. The van der Waals surface area contributed by atoms with Crippen LogP contribution in [0.25, 0.3) is 0 Å². The van der Waals surface area contributed by atoms with Crippen molar-refractivity contribution in [3.63, 3.8) is 0 Å². The fourth-order valence-electron chi connectivity index (χ4n) is 4.41. The Kier molecular flexibility index (Phi) is 11.7. The van der Waals surface area contributed by atoms with Crippen molar-refractivity contribution in [2.75, 3.05) is 13.2 Å². The smallest absolute Gasteiger partial charge is 0.338 e. The summed E-state index contributed by atoms with van der Waals surface area (Å²) in [7, 11) is 0. The predicted molar refractivity (Wildman–Crippen MR) is 141 cm³/mol. The van der Waals surface area contributed by atoms with Crippen LogP contribution in [0.15, 0.2) is 60.7 Å². The maximum atomic E-state index is 13.1. The lowest BCUT2D eigenvalue weighted by molar-refractivity contribution is -0.181. The monoisotopic (exact) mass is 554 g/mol. The molecule has 0 amide bonds. The first-order valence-corrected chi connectivity index (χ1v) is 13.2. The molecule has 0 N–H and O–H groups in total. The van der Waals surface area contributed by atoms with Crippen molar-refractivity contribution in [2.45, 2.75) is 64.3 Å². The summed E-state index contributed by atoms with van der Waals surface area (Å²) in [6, 6.07) is 16.1. The zero-order chi connectivity index (χ0) is 28.9. The Bertz CT molecular complexity index is 1140. The van der Waals surface area contributed by atoms with Crippen molar-refractivity contribution >= 4 is 29.8 Å². The topological polar surface area (TPSA) is 132 Å². The van der Waals surface area contributed by atoms with Gasteiger partial charge in [-0.1, -0.05) is 55.7 Å². The summed E-state index contributed by atoms with van der Waals surface area (Å²) in [6.45, 7) is 1.27. The Balaban J connectivity index is 1.87. The fourth-order valence-corrected chi connectivity index (χ4v) is 4.41. The number of esters is 5. The van der Waals surface area contributed by atoms with E-state index in [-0.39, 0.29) is 17.0 Å². The summed E-state index contributed by atoms with van der Waals surface area (Å²) in [4.78, 5) is 62.5. The van der Waals surface area contributed by atoms with Crippen molar-refractivity contribution < 1.29 is 47.7 Å². The highest BCUT2D eigenvalue weighted by Crippen LogP contribution is 2.25. The number of carbonyl (C=O) groups excluding carboxylic acids is 5. The third-order valence-electron chi connectivity index (χ3n) is 6.34. The van der Waals surface area contributed by atoms with Gasteiger partial charge in [0.05, 0.1) is 17.0 Å². The number of ether oxygens (including phenoxy) is 5. The van der Waals surface area contributed by atoms with Crippen LogP contribution < -0.4 is 0 Å². The molecule has 1 aliphatic rings. The van der Waals surface area contributed by atoms with Gasteiger partial charge in [0.2, 0.25) is 0 Å². The SMILES string of the molecule is CC(=O)OC(COC(=O)c1ccccc1)C(OC(=O)c1ccccc1)C(COC(=O)C1CCCCC1)OC(C)=O. The zero-order valence-corrected chi connectivity index (χ0v) is 22.6. The average Bonchev–Trinajstić information content (AvgIpc) is 2.97. The van der Waals surface area contributed by atoms with Gasteiger partial charge in [0.25, 0.3) is 0 Å². The Hall–Kier alpha value is -4.21. The van der Waals surface area contributed by atoms with Gasteiger partial charge >= 0.3 is 29.8 Å². The third-order valence-corrected chi connectivity index (χ3v) is 6.34. The maximum Gasteiger partial charge on any atom is 0.338 e. The van der Waals surface area contributed by atoms with Crippen molar-refractivity contribution in [3.05, 3.63) is 71.8 Å². The first kappa shape index (κ1) is 30.3. The molecule has 214 valence electrons. The molecule has 0 radical (unpaired) electrons. The average molecular weight is 555 g/mol. The second-order valence-electron chi connectivity index (χ2n) is 9.46. The molecule has 40 heavy (non-hydrogen) atoms. The minimum absolute atomic E-state index is 0.177. The van der Waals surface area contributed by atoms with E-state index in [9.17, 15) is 24.0 Å². The summed E-state index contributed by atoms with van der Waals surface area (Å²) < 4.78 is 27.4. The molecule has 3 rings (SSSR count). The van der Waals surface area contributed by atoms with Crippen LogP contribution in [0, 0.1) is 5.92 Å². The summed E-state index contributed by atoms with van der Waals surface area (Å²) >= 11 is 0. The van der Waals surface area contributed by atoms with Crippen LogP contribution in [0.4, 0.5) is 0 Å². The normalized spacial score (nSPS) is 15.6. The van der Waals surface area contributed by atoms with Gasteiger partial charge < -0.3 is 23.7 Å². The molecule has 0 saturated heterocycles. The van der Waals surface area contributed by atoms with Gasteiger partial charge in [0, 0.05) is 13.8 Å². The van der Waals surface area contributed by atoms with E-state index in [0.717, 1.165) is 33.1 Å². The largest absolute Gasteiger partial charge is 0.461 e. The van der Waals surface area contributed by atoms with Crippen LogP contribution >= 0.6 is 0 Å². The molecule has 10 nitrogen and oxygen atoms in total. The number of benzene rings is 2. The lowest BCUT2D eigenvalue weighted by Crippen LogP contribution is -2.49. The first-order chi connectivity index (χ1) is 19.2. The van der Waals surface area contributed by atoms with E-state index in [1.807, 2.05) is 0 Å². The molecule has 0 aliphatic heterocycles. The van der Waals surface area contributed by atoms with E-state index < -0.39 is 61.4 Å². The van der Waals surface area contributed by atoms with Crippen LogP contribution in [0.5, 0.6) is 0 Å². The Morgan fingerprint density at radius 2 is 1.12 bits per heavy atom. The van der Waals surface area contributed by atoms with Gasteiger partial charge in [-0.25, -0.2) is 9.59 Å². The van der Waals surface area contributed by atoms with E-state index in [4.69, 9.17) is 23.7 Å². The lowest BCUT2D eigenvalue weighted by Gasteiger charge is -2.32. The van der Waals surface area contributed by atoms with E-state index in [1.54, 1.807) is 48.5 Å². The van der Waals surface area contributed by atoms with E-state index >= 15 is 0 Å². The number of hydrogen-bond donors (Lipinski definition) is 0. The maximum absolute atomic E-state index is 13.1. The minimum Gasteiger partial charge on any atom is -0.461 e. The standard InChI is InChI=1S/C30H34O10/c1-20(31)38-25(18-36-28(33)22-12-6-3-7-13-22)27(40-30(35)24-16-10-5-11-17-24)26(39-21(2)32)19-37-29(34)23-14-8-4-9-15-23/h3,5-7,10-13,16-17,23,25-27H,4,8-9,14-15,18-19H2,1-2H3. The van der Waals surface area contributed by atoms with Crippen molar-refractivity contribution in [1.29, 1.82) is 0 Å². The summed E-state index contributed by atoms with van der Waals surface area (Å²) in [6.07, 6.45) is 0.00116. The van der Waals surface area contributed by atoms with Gasteiger partial charge in [-0.2, -0.15) is 0 Å². The molecule has 2 aromatic carbocycles. The fraction of sp³-hybridized carbons (Fsp3) is 0.433. The molecule has 0 spiro atoms. The highest BCUT2D eigenvalue weighted by atomic mass is 16.6. The molecule has 1 fully saturated rings. The van der Waals surface area contributed by atoms with Crippen LogP contribution in [0.3, 0.4) is 0 Å². The zero-order valence-electron chi connectivity index (χ0n) is 22.6.